The van der Waals surface area contributed by atoms with Gasteiger partial charge in [0, 0.05) is 29.0 Å². The van der Waals surface area contributed by atoms with E-state index in [-0.39, 0.29) is 40.2 Å². The van der Waals surface area contributed by atoms with E-state index in [1.54, 1.807) is 31.2 Å². The second-order valence-corrected chi connectivity index (χ2v) is 11.7. The van der Waals surface area contributed by atoms with Crippen LogP contribution in [0.25, 0.3) is 0 Å². The molecule has 1 amide bonds. The molecular formula is C24H25FIN5O4S. The van der Waals surface area contributed by atoms with E-state index in [0.717, 1.165) is 12.8 Å². The second kappa shape index (κ2) is 10.2. The molecule has 12 heteroatoms. The Bertz CT molecular complexity index is 1540. The molecule has 1 atom stereocenters. The maximum absolute atomic E-state index is 14.7. The lowest BCUT2D eigenvalue weighted by Gasteiger charge is -2.21. The van der Waals surface area contributed by atoms with Gasteiger partial charge < -0.3 is 15.4 Å². The third-order valence-electron chi connectivity index (χ3n) is 5.41. The zero-order valence-corrected chi connectivity index (χ0v) is 22.8. The van der Waals surface area contributed by atoms with Crippen LogP contribution >= 0.6 is 22.6 Å². The van der Waals surface area contributed by atoms with Crippen molar-refractivity contribution >= 4 is 55.6 Å². The number of rotatable bonds is 7. The monoisotopic (exact) mass is 625 g/mol. The molecule has 0 saturated heterocycles. The number of amides is 1. The van der Waals surface area contributed by atoms with Crippen LogP contribution < -0.4 is 26.1 Å². The fourth-order valence-corrected chi connectivity index (χ4v) is 4.52. The van der Waals surface area contributed by atoms with Gasteiger partial charge in [0.2, 0.25) is 0 Å². The molecule has 0 radical (unpaired) electrons. The Labute approximate surface area is 221 Å². The second-order valence-electron chi connectivity index (χ2n) is 8.59. The maximum atomic E-state index is 14.7. The van der Waals surface area contributed by atoms with Crippen LogP contribution in [0.1, 0.15) is 28.8 Å². The van der Waals surface area contributed by atoms with Crippen LogP contribution in [0.4, 0.5) is 21.6 Å². The van der Waals surface area contributed by atoms with E-state index in [4.69, 9.17) is 9.88 Å². The number of ether oxygens (including phenoxy) is 1. The molecule has 0 bridgehead atoms. The predicted octanol–water partition coefficient (Wildman–Crippen LogP) is 4.47. The molecule has 4 N–H and O–H groups in total. The van der Waals surface area contributed by atoms with Gasteiger partial charge in [-0.2, -0.15) is 4.36 Å². The number of anilines is 2. The Morgan fingerprint density at radius 2 is 2.00 bits per heavy atom. The van der Waals surface area contributed by atoms with Crippen molar-refractivity contribution in [3.05, 3.63) is 73.3 Å². The van der Waals surface area contributed by atoms with Gasteiger partial charge in [0.1, 0.15) is 32.9 Å². The van der Waals surface area contributed by atoms with E-state index in [0.29, 0.717) is 9.26 Å². The van der Waals surface area contributed by atoms with Gasteiger partial charge in [-0.25, -0.2) is 13.7 Å². The van der Waals surface area contributed by atoms with Crippen LogP contribution in [-0.4, -0.2) is 27.0 Å². The molecule has 0 aliphatic heterocycles. The number of aromatic nitrogens is 1. The van der Waals surface area contributed by atoms with E-state index < -0.39 is 27.2 Å². The summed E-state index contributed by atoms with van der Waals surface area (Å²) >= 11 is 1.99. The molecule has 4 rings (SSSR count). The molecular weight excluding hydrogens is 600 g/mol. The topological polar surface area (TPSA) is 128 Å². The highest BCUT2D eigenvalue weighted by atomic mass is 127. The first kappa shape index (κ1) is 26.1. The van der Waals surface area contributed by atoms with Gasteiger partial charge in [-0.3, -0.25) is 14.2 Å². The molecule has 190 valence electrons. The molecule has 9 nitrogen and oxygen atoms in total. The summed E-state index contributed by atoms with van der Waals surface area (Å²) in [5, 5.41) is 11.4. The number of hydrogen-bond acceptors (Lipinski definition) is 6. The lowest BCUT2D eigenvalue weighted by atomic mass is 10.1. The van der Waals surface area contributed by atoms with Crippen LogP contribution in [0.5, 0.6) is 11.5 Å². The van der Waals surface area contributed by atoms with E-state index in [2.05, 4.69) is 15.0 Å². The van der Waals surface area contributed by atoms with Crippen molar-refractivity contribution in [3.8, 4) is 11.5 Å². The Hall–Kier alpha value is -2.97. The zero-order valence-electron chi connectivity index (χ0n) is 19.8. The largest absolute Gasteiger partial charge is 0.456 e. The van der Waals surface area contributed by atoms with Gasteiger partial charge >= 0.3 is 0 Å². The zero-order chi connectivity index (χ0) is 26.2. The third kappa shape index (κ3) is 6.05. The molecule has 1 heterocycles. The highest BCUT2D eigenvalue weighted by Crippen LogP contribution is 2.36. The number of halogens is 2. The van der Waals surface area contributed by atoms with Gasteiger partial charge in [-0.1, -0.05) is 6.07 Å². The molecule has 1 aromatic heterocycles. The summed E-state index contributed by atoms with van der Waals surface area (Å²) in [6.07, 6.45) is 2.99. The number of carbonyl (C=O) groups is 1. The fourth-order valence-electron chi connectivity index (χ4n) is 3.53. The van der Waals surface area contributed by atoms with Gasteiger partial charge in [-0.05, 0) is 72.7 Å². The maximum Gasteiger partial charge on any atom is 0.259 e. The summed E-state index contributed by atoms with van der Waals surface area (Å²) in [5.41, 5.74) is 0.225. The molecule has 2 aromatic carbocycles. The average molecular weight is 625 g/mol. The minimum atomic E-state index is -2.91. The van der Waals surface area contributed by atoms with Crippen molar-refractivity contribution in [2.24, 2.45) is 16.5 Å². The Morgan fingerprint density at radius 3 is 2.64 bits per heavy atom. The average Bonchev–Trinajstić information content (AvgIpc) is 3.60. The van der Waals surface area contributed by atoms with Crippen molar-refractivity contribution in [2.75, 3.05) is 11.6 Å². The Balaban J connectivity index is 1.87. The standard InChI is InChI=1S/C24H25FIN5O4S/c1-13-21(35-17-6-4-5-16(12-17)30-36(3,27)34)20(23(32)28-15-8-9-15)22(31(2)24(13)33)29-19-10-7-14(26)11-18(19)25/h4-7,10-12,15,29H,8-9H2,1-3H3,(H,28,32)(H2,27,30,34)/t36-/m0/s1. The summed E-state index contributed by atoms with van der Waals surface area (Å²) in [7, 11) is -1.41. The summed E-state index contributed by atoms with van der Waals surface area (Å²) in [5.74, 6) is -0.641. The number of hydrogen-bond donors (Lipinski definition) is 3. The van der Waals surface area contributed by atoms with E-state index in [1.165, 1.54) is 36.1 Å². The van der Waals surface area contributed by atoms with Gasteiger partial charge in [0.05, 0.1) is 16.9 Å². The summed E-state index contributed by atoms with van der Waals surface area (Å²) in [4.78, 5) is 26.5. The fraction of sp³-hybridized carbons (Fsp3) is 0.250. The van der Waals surface area contributed by atoms with Crippen molar-refractivity contribution < 1.29 is 18.1 Å². The van der Waals surface area contributed by atoms with Gasteiger partial charge in [0.15, 0.2) is 5.75 Å². The molecule has 0 unspecified atom stereocenters. The van der Waals surface area contributed by atoms with Crippen molar-refractivity contribution in [2.45, 2.75) is 25.8 Å². The van der Waals surface area contributed by atoms with Gasteiger partial charge in [-0.15, -0.1) is 0 Å². The van der Waals surface area contributed by atoms with Gasteiger partial charge in [0.25, 0.3) is 11.5 Å². The summed E-state index contributed by atoms with van der Waals surface area (Å²) in [6, 6.07) is 10.9. The number of nitrogens with one attached hydrogen (secondary N) is 2. The minimum Gasteiger partial charge on any atom is -0.456 e. The van der Waals surface area contributed by atoms with Crippen LogP contribution in [-0.2, 0) is 17.0 Å². The molecule has 1 aliphatic carbocycles. The minimum absolute atomic E-state index is 0.0202. The predicted molar refractivity (Wildman–Crippen MR) is 146 cm³/mol. The van der Waals surface area contributed by atoms with Crippen molar-refractivity contribution in [1.29, 1.82) is 0 Å². The van der Waals surface area contributed by atoms with Crippen LogP contribution in [0.2, 0.25) is 0 Å². The van der Waals surface area contributed by atoms with E-state index in [1.807, 2.05) is 22.6 Å². The molecule has 0 spiro atoms. The number of nitrogens with two attached hydrogens (primary N) is 1. The molecule has 1 saturated carbocycles. The summed E-state index contributed by atoms with van der Waals surface area (Å²) < 4.78 is 38.6. The van der Waals surface area contributed by atoms with E-state index in [9.17, 15) is 18.2 Å². The molecule has 36 heavy (non-hydrogen) atoms. The van der Waals surface area contributed by atoms with Crippen LogP contribution in [0.3, 0.4) is 0 Å². The number of nitrogens with zero attached hydrogens (tertiary/aromatic N) is 2. The lowest BCUT2D eigenvalue weighted by molar-refractivity contribution is 0.0948. The normalized spacial score (nSPS) is 14.6. The molecule has 1 fully saturated rings. The van der Waals surface area contributed by atoms with E-state index >= 15 is 0 Å². The number of pyridine rings is 1. The smallest absolute Gasteiger partial charge is 0.259 e. The third-order valence-corrected chi connectivity index (χ3v) is 6.66. The highest BCUT2D eigenvalue weighted by Gasteiger charge is 2.30. The molecule has 1 aliphatic rings. The Kier molecular flexibility index (Phi) is 7.38. The van der Waals surface area contributed by atoms with Crippen molar-refractivity contribution in [1.82, 2.24) is 9.88 Å². The SMILES string of the molecule is Cc1c(Oc2cccc(N=[S@](C)(N)=O)c2)c(C(=O)NC2CC2)c(Nc2ccc(I)cc2F)n(C)c1=O. The number of benzene rings is 2. The quantitative estimate of drug-likeness (QED) is 0.334. The first-order chi connectivity index (χ1) is 16.9. The molecule has 3 aromatic rings. The summed E-state index contributed by atoms with van der Waals surface area (Å²) in [6.45, 7) is 1.55. The lowest BCUT2D eigenvalue weighted by Crippen LogP contribution is -2.31. The Morgan fingerprint density at radius 1 is 1.28 bits per heavy atom. The first-order valence-corrected chi connectivity index (χ1v) is 14.0. The first-order valence-electron chi connectivity index (χ1n) is 11.0. The van der Waals surface area contributed by atoms with Crippen LogP contribution in [0.15, 0.2) is 51.6 Å². The van der Waals surface area contributed by atoms with Crippen LogP contribution in [0, 0.1) is 16.3 Å². The number of carbonyl (C=O) groups excluding carboxylic acids is 1. The highest BCUT2D eigenvalue weighted by molar-refractivity contribution is 14.1. The van der Waals surface area contributed by atoms with Crippen molar-refractivity contribution in [3.63, 3.8) is 0 Å².